The van der Waals surface area contributed by atoms with Crippen LogP contribution >= 0.6 is 0 Å². The molecule has 35 heavy (non-hydrogen) atoms. The van der Waals surface area contributed by atoms with Crippen molar-refractivity contribution in [1.82, 2.24) is 0 Å². The van der Waals surface area contributed by atoms with E-state index in [-0.39, 0.29) is 34.4 Å². The van der Waals surface area contributed by atoms with Crippen molar-refractivity contribution in [1.29, 1.82) is 5.26 Å². The minimum absolute atomic E-state index is 0.0388. The first kappa shape index (κ1) is 23.9. The molecule has 0 aliphatic carbocycles. The third-order valence-corrected chi connectivity index (χ3v) is 6.09. The Kier molecular flexibility index (Phi) is 6.80. The number of esters is 1. The zero-order chi connectivity index (χ0) is 25.1. The van der Waals surface area contributed by atoms with Crippen LogP contribution in [0, 0.1) is 21.4 Å². The smallest absolute Gasteiger partial charge is 0.329 e. The number of methoxy groups -OCH3 is 1. The summed E-state index contributed by atoms with van der Waals surface area (Å²) in [6.07, 6.45) is 0.648. The highest BCUT2D eigenvalue weighted by Crippen LogP contribution is 2.45. The van der Waals surface area contributed by atoms with Crippen LogP contribution in [0.2, 0.25) is 0 Å². The Morgan fingerprint density at radius 3 is 2.77 bits per heavy atom. The van der Waals surface area contributed by atoms with Gasteiger partial charge in [-0.05, 0) is 25.3 Å². The Hall–Kier alpha value is -4.23. The number of aliphatic imine (C=N–C) groups is 1. The standard InChI is InChI=1S/C25H24N4O6/c1-15(13-26)24(28-20-7-5-4-6-16(20)10-22(28)25(30)33-3)18-11-21(29(31)32)23(12-19(18)27-2)35-17-8-9-34-14-17/h4-7,11-12,17,22H,2,8-10,14H2,1,3H3/b24-15-. The molecule has 0 aromatic heterocycles. The molecule has 0 spiro atoms. The number of rotatable bonds is 7. The third-order valence-electron chi connectivity index (χ3n) is 6.09. The van der Waals surface area contributed by atoms with E-state index >= 15 is 0 Å². The molecule has 0 N–H and O–H groups in total. The van der Waals surface area contributed by atoms with Crippen molar-refractivity contribution in [2.45, 2.75) is 31.9 Å². The number of ether oxygens (including phenoxy) is 3. The number of nitriles is 1. The number of hydrogen-bond acceptors (Lipinski definition) is 9. The first-order valence-corrected chi connectivity index (χ1v) is 11.0. The van der Waals surface area contributed by atoms with Crippen molar-refractivity contribution in [2.75, 3.05) is 25.2 Å². The number of nitro groups is 1. The number of carbonyl (C=O) groups is 1. The third kappa shape index (κ3) is 4.46. The van der Waals surface area contributed by atoms with Crippen LogP contribution in [0.25, 0.3) is 5.70 Å². The quantitative estimate of drug-likeness (QED) is 0.193. The second kappa shape index (κ2) is 9.95. The molecule has 2 unspecified atom stereocenters. The molecular formula is C25H24N4O6. The highest BCUT2D eigenvalue weighted by Gasteiger charge is 2.39. The molecular weight excluding hydrogens is 452 g/mol. The number of nitro benzene ring substituents is 1. The SMILES string of the molecule is C=Nc1cc(OC2CCOC2)c([N+](=O)[O-])cc1/C(=C(\C)C#N)N1c2ccccc2CC1C(=O)OC. The van der Waals surface area contributed by atoms with Crippen molar-refractivity contribution in [3.8, 4) is 11.8 Å². The lowest BCUT2D eigenvalue weighted by molar-refractivity contribution is -0.386. The summed E-state index contributed by atoms with van der Waals surface area (Å²) >= 11 is 0. The van der Waals surface area contributed by atoms with Crippen LogP contribution in [0.3, 0.4) is 0 Å². The van der Waals surface area contributed by atoms with Crippen molar-refractivity contribution in [3.05, 3.63) is 63.2 Å². The molecule has 10 nitrogen and oxygen atoms in total. The monoisotopic (exact) mass is 476 g/mol. The summed E-state index contributed by atoms with van der Waals surface area (Å²) in [5.74, 6) is -0.454. The number of allylic oxidation sites excluding steroid dienone is 1. The summed E-state index contributed by atoms with van der Waals surface area (Å²) in [4.78, 5) is 30.0. The van der Waals surface area contributed by atoms with E-state index in [4.69, 9.17) is 14.2 Å². The summed E-state index contributed by atoms with van der Waals surface area (Å²) in [5, 5.41) is 21.9. The van der Waals surface area contributed by atoms with Gasteiger partial charge in [0.1, 0.15) is 12.1 Å². The van der Waals surface area contributed by atoms with Gasteiger partial charge in [0.25, 0.3) is 0 Å². The van der Waals surface area contributed by atoms with Crippen LogP contribution < -0.4 is 9.64 Å². The molecule has 0 saturated carbocycles. The molecule has 2 atom stereocenters. The highest BCUT2D eigenvalue weighted by atomic mass is 16.6. The van der Waals surface area contributed by atoms with Gasteiger partial charge in [-0.2, -0.15) is 5.26 Å². The van der Waals surface area contributed by atoms with Gasteiger partial charge in [-0.25, -0.2) is 4.79 Å². The predicted molar refractivity (Wildman–Crippen MR) is 129 cm³/mol. The fraction of sp³-hybridized carbons (Fsp3) is 0.320. The molecule has 0 amide bonds. The van der Waals surface area contributed by atoms with Crippen molar-refractivity contribution >= 4 is 35.4 Å². The van der Waals surface area contributed by atoms with E-state index in [9.17, 15) is 20.2 Å². The van der Waals surface area contributed by atoms with Crippen LogP contribution in [0.4, 0.5) is 17.1 Å². The lowest BCUT2D eigenvalue weighted by atomic mass is 10.0. The predicted octanol–water partition coefficient (Wildman–Crippen LogP) is 3.95. The van der Waals surface area contributed by atoms with E-state index < -0.39 is 16.9 Å². The number of nitrogens with zero attached hydrogens (tertiary/aromatic N) is 4. The van der Waals surface area contributed by atoms with Gasteiger partial charge >= 0.3 is 11.7 Å². The molecule has 2 aromatic rings. The number of para-hydroxylation sites is 1. The van der Waals surface area contributed by atoms with Crippen molar-refractivity contribution in [2.24, 2.45) is 4.99 Å². The highest BCUT2D eigenvalue weighted by molar-refractivity contribution is 5.97. The summed E-state index contributed by atoms with van der Waals surface area (Å²) < 4.78 is 16.2. The van der Waals surface area contributed by atoms with Gasteiger partial charge in [-0.15, -0.1) is 0 Å². The molecule has 2 aromatic carbocycles. The fourth-order valence-corrected chi connectivity index (χ4v) is 4.45. The second-order valence-electron chi connectivity index (χ2n) is 8.18. The zero-order valence-corrected chi connectivity index (χ0v) is 19.4. The molecule has 0 bridgehead atoms. The average Bonchev–Trinajstić information content (AvgIpc) is 3.52. The Morgan fingerprint density at radius 1 is 1.37 bits per heavy atom. The van der Waals surface area contributed by atoms with Gasteiger partial charge in [0.05, 0.1) is 48.3 Å². The lowest BCUT2D eigenvalue weighted by Gasteiger charge is -2.30. The minimum atomic E-state index is -0.765. The maximum atomic E-state index is 12.8. The maximum absolute atomic E-state index is 12.8. The van der Waals surface area contributed by atoms with Gasteiger partial charge in [-0.1, -0.05) is 18.2 Å². The molecule has 1 saturated heterocycles. The molecule has 4 rings (SSSR count). The number of fused-ring (bicyclic) bond motifs is 1. The number of benzene rings is 2. The molecule has 2 aliphatic rings. The zero-order valence-electron chi connectivity index (χ0n) is 19.4. The summed E-state index contributed by atoms with van der Waals surface area (Å²) in [6, 6.07) is 11.5. The van der Waals surface area contributed by atoms with E-state index in [0.717, 1.165) is 5.56 Å². The number of hydrogen-bond donors (Lipinski definition) is 0. The van der Waals surface area contributed by atoms with E-state index in [1.54, 1.807) is 11.8 Å². The summed E-state index contributed by atoms with van der Waals surface area (Å²) in [6.45, 7) is 6.07. The second-order valence-corrected chi connectivity index (χ2v) is 8.18. The van der Waals surface area contributed by atoms with E-state index in [0.29, 0.717) is 37.4 Å². The normalized spacial score (nSPS) is 19.4. The maximum Gasteiger partial charge on any atom is 0.329 e. The fourth-order valence-electron chi connectivity index (χ4n) is 4.45. The average molecular weight is 476 g/mol. The largest absolute Gasteiger partial charge is 0.481 e. The van der Waals surface area contributed by atoms with Crippen LogP contribution in [0.15, 0.2) is 47.0 Å². The molecule has 0 radical (unpaired) electrons. The first-order valence-electron chi connectivity index (χ1n) is 11.0. The van der Waals surface area contributed by atoms with Crippen molar-refractivity contribution < 1.29 is 23.9 Å². The van der Waals surface area contributed by atoms with E-state index in [1.807, 2.05) is 24.3 Å². The van der Waals surface area contributed by atoms with Crippen molar-refractivity contribution in [3.63, 3.8) is 0 Å². The van der Waals surface area contributed by atoms with Crippen LogP contribution in [-0.4, -0.2) is 50.1 Å². The summed E-state index contributed by atoms with van der Waals surface area (Å²) in [7, 11) is 1.30. The lowest BCUT2D eigenvalue weighted by Crippen LogP contribution is -2.38. The van der Waals surface area contributed by atoms with Gasteiger partial charge < -0.3 is 19.1 Å². The topological polar surface area (TPSA) is 127 Å². The summed E-state index contributed by atoms with van der Waals surface area (Å²) in [5.41, 5.74) is 2.42. The number of carbonyl (C=O) groups excluding carboxylic acids is 1. The van der Waals surface area contributed by atoms with E-state index in [2.05, 4.69) is 17.8 Å². The Balaban J connectivity index is 1.93. The van der Waals surface area contributed by atoms with Gasteiger partial charge in [0, 0.05) is 36.2 Å². The Morgan fingerprint density at radius 2 is 2.14 bits per heavy atom. The molecule has 2 aliphatic heterocycles. The molecule has 2 heterocycles. The van der Waals surface area contributed by atoms with Gasteiger partial charge in [0.2, 0.25) is 0 Å². The molecule has 180 valence electrons. The number of anilines is 1. The minimum Gasteiger partial charge on any atom is -0.481 e. The first-order chi connectivity index (χ1) is 16.9. The van der Waals surface area contributed by atoms with Gasteiger partial charge in [-0.3, -0.25) is 15.1 Å². The van der Waals surface area contributed by atoms with Crippen LogP contribution in [0.1, 0.15) is 24.5 Å². The van der Waals surface area contributed by atoms with Crippen LogP contribution in [0.5, 0.6) is 5.75 Å². The molecule has 1 fully saturated rings. The molecule has 10 heteroatoms. The Labute approximate surface area is 202 Å². The Bertz CT molecular complexity index is 1260. The van der Waals surface area contributed by atoms with E-state index in [1.165, 1.54) is 19.2 Å². The van der Waals surface area contributed by atoms with Crippen LogP contribution in [-0.2, 0) is 20.7 Å². The van der Waals surface area contributed by atoms with Gasteiger partial charge in [0.15, 0.2) is 5.75 Å².